The SMILES string of the molecule is [2H][C@]1(F)CN2CCC[C@@]2(COc2nc(N3C[C@H]4CC[C@@H](C3)N4)c3cc(C(F)(F)F)n(-c4cc(O)cc5ccc(F)c(C#C)c45)c(=O)c3n2)C1. The van der Waals surface area contributed by atoms with E-state index in [0.29, 0.717) is 30.6 Å². The van der Waals surface area contributed by atoms with Crippen molar-refractivity contribution in [3.8, 4) is 29.8 Å². The molecule has 0 aliphatic carbocycles. The third-order valence-corrected chi connectivity index (χ3v) is 10.1. The molecule has 48 heavy (non-hydrogen) atoms. The van der Waals surface area contributed by atoms with Crippen LogP contribution in [0.1, 0.15) is 44.7 Å². The van der Waals surface area contributed by atoms with Crippen molar-refractivity contribution in [1.29, 1.82) is 0 Å². The minimum Gasteiger partial charge on any atom is -0.508 e. The van der Waals surface area contributed by atoms with Crippen LogP contribution in [0.15, 0.2) is 35.1 Å². The molecule has 4 atom stereocenters. The van der Waals surface area contributed by atoms with Gasteiger partial charge in [0.15, 0.2) is 0 Å². The molecule has 0 saturated carbocycles. The Morgan fingerprint density at radius 2 is 1.94 bits per heavy atom. The van der Waals surface area contributed by atoms with Crippen LogP contribution in [0, 0.1) is 18.2 Å². The molecule has 4 saturated heterocycles. The highest BCUT2D eigenvalue weighted by Crippen LogP contribution is 2.42. The number of benzene rings is 2. The molecule has 4 aliphatic rings. The normalized spacial score (nSPS) is 27.4. The largest absolute Gasteiger partial charge is 0.508 e. The van der Waals surface area contributed by atoms with Crippen LogP contribution in [0.25, 0.3) is 27.4 Å². The summed E-state index contributed by atoms with van der Waals surface area (Å²) in [6.07, 6.45) is 1.30. The maximum atomic E-state index is 15.0. The van der Waals surface area contributed by atoms with Gasteiger partial charge < -0.3 is 20.1 Å². The second-order valence-corrected chi connectivity index (χ2v) is 13.2. The van der Waals surface area contributed by atoms with Crippen LogP contribution in [0.4, 0.5) is 27.8 Å². The molecule has 0 amide bonds. The molecule has 250 valence electrons. The van der Waals surface area contributed by atoms with Crippen molar-refractivity contribution < 1.29 is 33.2 Å². The van der Waals surface area contributed by atoms with Crippen molar-refractivity contribution in [3.63, 3.8) is 0 Å². The molecule has 6 heterocycles. The number of phenolic OH excluding ortho intramolecular Hbond substituents is 1. The highest BCUT2D eigenvalue weighted by atomic mass is 19.4. The molecule has 4 aromatic rings. The van der Waals surface area contributed by atoms with Gasteiger partial charge in [0.1, 0.15) is 41.3 Å². The lowest BCUT2D eigenvalue weighted by molar-refractivity contribution is -0.142. The lowest BCUT2D eigenvalue weighted by Crippen LogP contribution is -2.51. The number of fused-ring (bicyclic) bond motifs is 5. The molecule has 2 bridgehead atoms. The maximum absolute atomic E-state index is 15.0. The Hall–Kier alpha value is -4.48. The number of halogens is 5. The van der Waals surface area contributed by atoms with Crippen LogP contribution in [-0.2, 0) is 6.18 Å². The number of nitrogens with one attached hydrogen (secondary N) is 1. The number of aromatic nitrogens is 3. The summed E-state index contributed by atoms with van der Waals surface area (Å²) in [7, 11) is 0. The average molecular weight is 668 g/mol. The number of pyridine rings is 1. The van der Waals surface area contributed by atoms with Crippen molar-refractivity contribution in [2.24, 2.45) is 0 Å². The maximum Gasteiger partial charge on any atom is 0.431 e. The van der Waals surface area contributed by atoms with Crippen molar-refractivity contribution in [3.05, 3.63) is 57.8 Å². The Labute approximate surface area is 272 Å². The summed E-state index contributed by atoms with van der Waals surface area (Å²) in [6, 6.07) is 5.04. The number of hydrogen-bond donors (Lipinski definition) is 2. The van der Waals surface area contributed by atoms with Gasteiger partial charge >= 0.3 is 12.2 Å². The standard InChI is InChI=1S/C34H31F5N6O3/c1-2-23-25(36)7-4-18-10-22(46)11-26(28(18)23)45-27(34(37,38)39)12-24-29(31(45)47)41-32(42-30(24)43-15-20-5-6-21(16-43)40-20)48-17-33-8-3-9-44(33)14-19(35)13-33/h1,4,7,10-12,19-21,40,46H,3,5-6,8-9,13-17H2/t19-,20-,21+,33+/m1/s1/i19D. The smallest absolute Gasteiger partial charge is 0.431 e. The molecule has 0 radical (unpaired) electrons. The Balaban J connectivity index is 1.36. The molecule has 2 aromatic heterocycles. The molecule has 4 aliphatic heterocycles. The van der Waals surface area contributed by atoms with Crippen LogP contribution >= 0.6 is 0 Å². The fourth-order valence-corrected chi connectivity index (χ4v) is 8.07. The fraction of sp³-hybridized carbons (Fsp3) is 0.441. The first kappa shape index (κ1) is 29.6. The van der Waals surface area contributed by atoms with Crippen LogP contribution in [0.2, 0.25) is 0 Å². The molecular weight excluding hydrogens is 635 g/mol. The molecular formula is C34H31F5N6O3. The van der Waals surface area contributed by atoms with Crippen LogP contribution in [0.5, 0.6) is 11.8 Å². The molecule has 0 spiro atoms. The summed E-state index contributed by atoms with van der Waals surface area (Å²) in [5.74, 6) is 0.881. The first-order valence-electron chi connectivity index (χ1n) is 16.3. The zero-order valence-electron chi connectivity index (χ0n) is 26.6. The van der Waals surface area contributed by atoms with Gasteiger partial charge in [-0.05, 0) is 55.8 Å². The van der Waals surface area contributed by atoms with E-state index in [0.717, 1.165) is 37.5 Å². The Morgan fingerprint density at radius 1 is 1.17 bits per heavy atom. The number of terminal acetylenes is 1. The molecule has 4 fully saturated rings. The summed E-state index contributed by atoms with van der Waals surface area (Å²) in [5, 5.41) is 13.8. The number of anilines is 1. The molecule has 8 rings (SSSR count). The van der Waals surface area contributed by atoms with Gasteiger partial charge in [-0.3, -0.25) is 14.3 Å². The zero-order chi connectivity index (χ0) is 34.5. The van der Waals surface area contributed by atoms with Crippen LogP contribution in [0.3, 0.4) is 0 Å². The number of aromatic hydroxyl groups is 1. The minimum atomic E-state index is -5.10. The fourth-order valence-electron chi connectivity index (χ4n) is 8.07. The van der Waals surface area contributed by atoms with E-state index < -0.39 is 51.9 Å². The van der Waals surface area contributed by atoms with Gasteiger partial charge in [0.05, 0.1) is 23.5 Å². The predicted molar refractivity (Wildman–Crippen MR) is 168 cm³/mol. The monoisotopic (exact) mass is 667 g/mol. The first-order valence-corrected chi connectivity index (χ1v) is 15.8. The van der Waals surface area contributed by atoms with Gasteiger partial charge in [-0.25, -0.2) is 8.78 Å². The molecule has 9 nitrogen and oxygen atoms in total. The van der Waals surface area contributed by atoms with E-state index in [1.807, 2.05) is 9.80 Å². The summed E-state index contributed by atoms with van der Waals surface area (Å²) in [6.45, 7) is 1.24. The number of hydrogen-bond acceptors (Lipinski definition) is 8. The number of rotatable bonds is 5. The van der Waals surface area contributed by atoms with Gasteiger partial charge in [-0.2, -0.15) is 23.1 Å². The molecule has 14 heteroatoms. The van der Waals surface area contributed by atoms with Crippen LogP contribution in [-0.4, -0.2) is 81.1 Å². The second kappa shape index (κ2) is 11.0. The molecule has 0 unspecified atom stereocenters. The van der Waals surface area contributed by atoms with E-state index in [-0.39, 0.29) is 65.2 Å². The Morgan fingerprint density at radius 3 is 2.67 bits per heavy atom. The Bertz CT molecular complexity index is 2120. The van der Waals surface area contributed by atoms with E-state index in [1.54, 1.807) is 0 Å². The number of alkyl halides is 4. The molecule has 2 aromatic carbocycles. The van der Waals surface area contributed by atoms with Gasteiger partial charge in [-0.1, -0.05) is 12.0 Å². The first-order chi connectivity index (χ1) is 23.2. The highest BCUT2D eigenvalue weighted by Gasteiger charge is 2.49. The second-order valence-electron chi connectivity index (χ2n) is 13.2. The Kier molecular flexibility index (Phi) is 6.81. The van der Waals surface area contributed by atoms with Crippen molar-refractivity contribution in [1.82, 2.24) is 24.8 Å². The average Bonchev–Trinajstić information content (AvgIpc) is 3.66. The summed E-state index contributed by atoms with van der Waals surface area (Å²) < 4.78 is 89.2. The zero-order valence-corrected chi connectivity index (χ0v) is 25.6. The van der Waals surface area contributed by atoms with Gasteiger partial charge in [0, 0.05) is 49.6 Å². The quantitative estimate of drug-likeness (QED) is 0.234. The third kappa shape index (κ3) is 4.94. The van der Waals surface area contributed by atoms with E-state index in [1.165, 1.54) is 12.1 Å². The van der Waals surface area contributed by atoms with Gasteiger partial charge in [0.2, 0.25) is 0 Å². The van der Waals surface area contributed by atoms with Crippen molar-refractivity contribution in [2.45, 2.75) is 62.1 Å². The summed E-state index contributed by atoms with van der Waals surface area (Å²) in [5.41, 5.74) is -4.67. The van der Waals surface area contributed by atoms with E-state index >= 15 is 0 Å². The van der Waals surface area contributed by atoms with Crippen molar-refractivity contribution in [2.75, 3.05) is 37.7 Å². The van der Waals surface area contributed by atoms with E-state index in [4.69, 9.17) is 12.5 Å². The van der Waals surface area contributed by atoms with E-state index in [2.05, 4.69) is 21.2 Å². The highest BCUT2D eigenvalue weighted by molar-refractivity contribution is 5.97. The lowest BCUT2D eigenvalue weighted by Gasteiger charge is -2.34. The van der Waals surface area contributed by atoms with Gasteiger partial charge in [0.25, 0.3) is 5.56 Å². The number of piperazine rings is 1. The van der Waals surface area contributed by atoms with Crippen LogP contribution < -0.4 is 20.5 Å². The lowest BCUT2D eigenvalue weighted by atomic mass is 9.95. The topological polar surface area (TPSA) is 95.8 Å². The predicted octanol–water partition coefficient (Wildman–Crippen LogP) is 4.67. The summed E-state index contributed by atoms with van der Waals surface area (Å²) in [4.78, 5) is 27.1. The van der Waals surface area contributed by atoms with E-state index in [9.17, 15) is 31.9 Å². The summed E-state index contributed by atoms with van der Waals surface area (Å²) >= 11 is 0. The number of nitrogens with zero attached hydrogens (tertiary/aromatic N) is 5. The third-order valence-electron chi connectivity index (χ3n) is 10.1. The van der Waals surface area contributed by atoms with Crippen molar-refractivity contribution >= 4 is 27.5 Å². The molecule has 2 N–H and O–H groups in total. The number of phenols is 1. The number of ether oxygens (including phenoxy) is 1. The minimum absolute atomic E-state index is 0.0606. The van der Waals surface area contributed by atoms with Gasteiger partial charge in [-0.15, -0.1) is 6.42 Å².